The molecular weight excluding hydrogens is 653 g/mol. The predicted molar refractivity (Wildman–Crippen MR) is 192 cm³/mol. The third-order valence-electron chi connectivity index (χ3n) is 9.91. The molecule has 0 aliphatic carbocycles. The van der Waals surface area contributed by atoms with Crippen molar-refractivity contribution >= 4 is 40.2 Å². The summed E-state index contributed by atoms with van der Waals surface area (Å²) in [6, 6.07) is 14.6. The van der Waals surface area contributed by atoms with Crippen LogP contribution in [0.2, 0.25) is 0 Å². The summed E-state index contributed by atoms with van der Waals surface area (Å²) in [5.41, 5.74) is 6.40. The van der Waals surface area contributed by atoms with E-state index in [-0.39, 0.29) is 23.7 Å². The quantitative estimate of drug-likeness (QED) is 0.113. The second kappa shape index (κ2) is 12.9. The molecule has 2 fully saturated rings. The molecular formula is C37H36N8O4S. The highest BCUT2D eigenvalue weighted by molar-refractivity contribution is 7.17. The standard InChI is InChI=1S/C37H36N8O4S/c1-23-16-27(35(40-18-23)43-21-37(22-43)10-14-49-15-11-37)20-45(42-48)28-7-5-25(6-8-28)36(47)44-13-9-26-17-30(32(46)34-39-19-24(2)41-34)50-33(26)31-29(44)4-3-12-38-31/h3-8,12,16-19H,9-11,13-15,20-22H2,1-2H3,(H,39,41). The number of imidazole rings is 1. The number of H-pyrrole nitrogens is 1. The van der Waals surface area contributed by atoms with Crippen LogP contribution in [-0.4, -0.2) is 64.5 Å². The minimum Gasteiger partial charge on any atom is -0.381 e. The van der Waals surface area contributed by atoms with Gasteiger partial charge in [0.2, 0.25) is 5.78 Å². The maximum absolute atomic E-state index is 14.0. The van der Waals surface area contributed by atoms with Gasteiger partial charge in [-0.2, -0.15) is 0 Å². The largest absolute Gasteiger partial charge is 0.381 e. The molecule has 7 heterocycles. The fourth-order valence-corrected chi connectivity index (χ4v) is 8.40. The van der Waals surface area contributed by atoms with Gasteiger partial charge in [0.25, 0.3) is 5.91 Å². The van der Waals surface area contributed by atoms with E-state index in [0.717, 1.165) is 72.2 Å². The number of benzene rings is 1. The van der Waals surface area contributed by atoms with Crippen molar-refractivity contribution < 1.29 is 14.3 Å². The van der Waals surface area contributed by atoms with Crippen molar-refractivity contribution in [2.75, 3.05) is 47.7 Å². The van der Waals surface area contributed by atoms with Gasteiger partial charge in [0, 0.05) is 73.7 Å². The van der Waals surface area contributed by atoms with E-state index in [1.807, 2.05) is 38.2 Å². The molecule has 1 N–H and O–H groups in total. The number of aromatic amines is 1. The molecule has 8 rings (SSSR count). The maximum atomic E-state index is 14.0. The highest BCUT2D eigenvalue weighted by atomic mass is 32.1. The van der Waals surface area contributed by atoms with Gasteiger partial charge in [-0.1, -0.05) is 0 Å². The van der Waals surface area contributed by atoms with E-state index in [9.17, 15) is 14.5 Å². The summed E-state index contributed by atoms with van der Waals surface area (Å²) in [6.07, 6.45) is 7.87. The summed E-state index contributed by atoms with van der Waals surface area (Å²) in [6.45, 7) is 7.97. The molecule has 1 amide bonds. The Morgan fingerprint density at radius 2 is 1.84 bits per heavy atom. The summed E-state index contributed by atoms with van der Waals surface area (Å²) in [7, 11) is 0. The zero-order chi connectivity index (χ0) is 34.4. The van der Waals surface area contributed by atoms with E-state index in [1.165, 1.54) is 16.3 Å². The van der Waals surface area contributed by atoms with Gasteiger partial charge in [0.05, 0.1) is 33.0 Å². The minimum atomic E-state index is -0.182. The van der Waals surface area contributed by atoms with Gasteiger partial charge < -0.3 is 19.5 Å². The minimum absolute atomic E-state index is 0.167. The fraction of sp³-hybridized carbons (Fsp3) is 0.324. The van der Waals surface area contributed by atoms with Crippen LogP contribution in [0.4, 0.5) is 17.2 Å². The van der Waals surface area contributed by atoms with Gasteiger partial charge in [0.1, 0.15) is 11.5 Å². The van der Waals surface area contributed by atoms with Gasteiger partial charge in [-0.15, -0.1) is 16.2 Å². The SMILES string of the molecule is Cc1cnc(N2CC3(CCOCC3)C2)c(CN(N=O)c2ccc(C(=O)N3CCc4cc(C(=O)c5ncc(C)[nH]5)sc4-c4ncccc43)cc2)c1. The number of carbonyl (C=O) groups excluding carboxylic acids is 2. The number of nitroso groups, excluding NO2 is 1. The molecule has 0 bridgehead atoms. The Bertz CT molecular complexity index is 2090. The smallest absolute Gasteiger partial charge is 0.258 e. The zero-order valence-corrected chi connectivity index (χ0v) is 28.7. The summed E-state index contributed by atoms with van der Waals surface area (Å²) < 4.78 is 5.58. The number of hydrogen-bond donors (Lipinski definition) is 1. The van der Waals surface area contributed by atoms with Crippen molar-refractivity contribution in [2.24, 2.45) is 10.7 Å². The Balaban J connectivity index is 1.00. The third-order valence-corrected chi connectivity index (χ3v) is 11.1. The van der Waals surface area contributed by atoms with Gasteiger partial charge in [-0.25, -0.2) is 15.0 Å². The number of carbonyl (C=O) groups is 2. The first-order valence-corrected chi connectivity index (χ1v) is 17.6. The van der Waals surface area contributed by atoms with E-state index < -0.39 is 0 Å². The number of thiophene rings is 1. The van der Waals surface area contributed by atoms with Crippen molar-refractivity contribution in [2.45, 2.75) is 39.7 Å². The number of fused-ring (bicyclic) bond motifs is 3. The molecule has 3 aliphatic rings. The van der Waals surface area contributed by atoms with Crippen LogP contribution in [0.15, 0.2) is 72.4 Å². The first-order chi connectivity index (χ1) is 24.3. The monoisotopic (exact) mass is 688 g/mol. The number of aromatic nitrogens is 4. The van der Waals surface area contributed by atoms with Crippen LogP contribution in [0.3, 0.4) is 0 Å². The van der Waals surface area contributed by atoms with Crippen LogP contribution in [0, 0.1) is 24.2 Å². The molecule has 2 saturated heterocycles. The lowest BCUT2D eigenvalue weighted by atomic mass is 9.73. The summed E-state index contributed by atoms with van der Waals surface area (Å²) in [5.74, 6) is 0.834. The molecule has 50 heavy (non-hydrogen) atoms. The number of rotatable bonds is 8. The average Bonchev–Trinajstić information content (AvgIpc) is 3.73. The molecule has 1 aromatic carbocycles. The number of ketones is 1. The number of amides is 1. The topological polar surface area (TPSA) is 137 Å². The summed E-state index contributed by atoms with van der Waals surface area (Å²) in [5, 5.41) is 4.77. The molecule has 254 valence electrons. The van der Waals surface area contributed by atoms with E-state index in [2.05, 4.69) is 31.2 Å². The first kappa shape index (κ1) is 32.0. The van der Waals surface area contributed by atoms with Crippen LogP contribution in [0.1, 0.15) is 61.1 Å². The van der Waals surface area contributed by atoms with E-state index in [1.54, 1.807) is 41.6 Å². The maximum Gasteiger partial charge on any atom is 0.258 e. The van der Waals surface area contributed by atoms with Gasteiger partial charge in [0.15, 0.2) is 5.82 Å². The third kappa shape index (κ3) is 5.86. The fourth-order valence-electron chi connectivity index (χ4n) is 7.24. The number of hydrogen-bond acceptors (Lipinski definition) is 10. The van der Waals surface area contributed by atoms with Crippen molar-refractivity contribution in [3.05, 3.63) is 111 Å². The molecule has 4 aromatic heterocycles. The van der Waals surface area contributed by atoms with Crippen LogP contribution in [-0.2, 0) is 17.7 Å². The second-order valence-corrected chi connectivity index (χ2v) is 14.5. The first-order valence-electron chi connectivity index (χ1n) is 16.8. The highest BCUT2D eigenvalue weighted by Crippen LogP contribution is 2.43. The van der Waals surface area contributed by atoms with E-state index in [0.29, 0.717) is 46.3 Å². The van der Waals surface area contributed by atoms with Crippen LogP contribution in [0.5, 0.6) is 0 Å². The van der Waals surface area contributed by atoms with Crippen molar-refractivity contribution in [1.29, 1.82) is 0 Å². The number of nitrogens with zero attached hydrogens (tertiary/aromatic N) is 7. The summed E-state index contributed by atoms with van der Waals surface area (Å²) in [4.78, 5) is 61.5. The van der Waals surface area contributed by atoms with Crippen LogP contribution >= 0.6 is 11.3 Å². The van der Waals surface area contributed by atoms with E-state index >= 15 is 0 Å². The lowest BCUT2D eigenvalue weighted by molar-refractivity contribution is -0.000509. The molecule has 5 aromatic rings. The Labute approximate surface area is 293 Å². The van der Waals surface area contributed by atoms with Crippen molar-refractivity contribution in [3.63, 3.8) is 0 Å². The Hall–Kier alpha value is -5.27. The van der Waals surface area contributed by atoms with Crippen molar-refractivity contribution in [1.82, 2.24) is 19.9 Å². The molecule has 13 heteroatoms. The Kier molecular flexibility index (Phi) is 8.24. The number of nitrogens with one attached hydrogen (secondary N) is 1. The normalized spacial score (nSPS) is 16.3. The van der Waals surface area contributed by atoms with Crippen LogP contribution < -0.4 is 14.8 Å². The lowest BCUT2D eigenvalue weighted by Crippen LogP contribution is -2.59. The van der Waals surface area contributed by atoms with E-state index in [4.69, 9.17) is 9.72 Å². The molecule has 0 saturated carbocycles. The van der Waals surface area contributed by atoms with Gasteiger partial charge in [-0.3, -0.25) is 14.6 Å². The van der Waals surface area contributed by atoms with Gasteiger partial charge >= 0.3 is 0 Å². The summed E-state index contributed by atoms with van der Waals surface area (Å²) >= 11 is 1.37. The number of aryl methyl sites for hydroxylation is 2. The lowest BCUT2D eigenvalue weighted by Gasteiger charge is -2.53. The molecule has 0 unspecified atom stereocenters. The Morgan fingerprint density at radius 1 is 1.04 bits per heavy atom. The van der Waals surface area contributed by atoms with Crippen LogP contribution in [0.25, 0.3) is 10.6 Å². The molecule has 1 spiro atoms. The number of anilines is 3. The predicted octanol–water partition coefficient (Wildman–Crippen LogP) is 6.28. The molecule has 12 nitrogen and oxygen atoms in total. The highest BCUT2D eigenvalue weighted by Gasteiger charge is 2.45. The zero-order valence-electron chi connectivity index (χ0n) is 27.9. The number of ether oxygens (including phenoxy) is 1. The second-order valence-electron chi connectivity index (χ2n) is 13.4. The molecule has 0 radical (unpaired) electrons. The molecule has 3 aliphatic heterocycles. The van der Waals surface area contributed by atoms with Gasteiger partial charge in [-0.05, 0) is 92.8 Å². The molecule has 0 atom stereocenters. The van der Waals surface area contributed by atoms with Crippen molar-refractivity contribution in [3.8, 4) is 10.6 Å². The number of pyridine rings is 2. The average molecular weight is 689 g/mol. The Morgan fingerprint density at radius 3 is 2.58 bits per heavy atom.